The molecule has 1 atom stereocenters. The SMILES string of the molecule is C#CCN(C)C(=O)C(C)c1cccc([N+](=O)[O-])c1. The summed E-state index contributed by atoms with van der Waals surface area (Å²) in [6, 6.07) is 6.07. The fraction of sp³-hybridized carbons (Fsp3) is 0.308. The molecule has 18 heavy (non-hydrogen) atoms. The second-order valence-corrected chi connectivity index (χ2v) is 3.97. The van der Waals surface area contributed by atoms with Gasteiger partial charge in [0.1, 0.15) is 0 Å². The van der Waals surface area contributed by atoms with E-state index in [1.54, 1.807) is 26.1 Å². The number of amides is 1. The molecule has 1 amide bonds. The summed E-state index contributed by atoms with van der Waals surface area (Å²) >= 11 is 0. The molecule has 0 aliphatic carbocycles. The van der Waals surface area contributed by atoms with E-state index in [-0.39, 0.29) is 18.1 Å². The van der Waals surface area contributed by atoms with Crippen LogP contribution in [0.4, 0.5) is 5.69 Å². The van der Waals surface area contributed by atoms with Gasteiger partial charge >= 0.3 is 0 Å². The maximum atomic E-state index is 12.0. The van der Waals surface area contributed by atoms with E-state index in [2.05, 4.69) is 5.92 Å². The van der Waals surface area contributed by atoms with Crippen molar-refractivity contribution in [3.05, 3.63) is 39.9 Å². The van der Waals surface area contributed by atoms with Crippen LogP contribution in [0, 0.1) is 22.5 Å². The van der Waals surface area contributed by atoms with Crippen molar-refractivity contribution in [2.45, 2.75) is 12.8 Å². The number of nitro benzene ring substituents is 1. The Kier molecular flexibility index (Phi) is 4.44. The molecule has 1 aromatic carbocycles. The fourth-order valence-electron chi connectivity index (χ4n) is 1.60. The zero-order valence-corrected chi connectivity index (χ0v) is 10.3. The number of non-ortho nitro benzene ring substituents is 1. The monoisotopic (exact) mass is 246 g/mol. The molecule has 0 spiro atoms. The van der Waals surface area contributed by atoms with Crippen molar-refractivity contribution < 1.29 is 9.72 Å². The average Bonchev–Trinajstić information content (AvgIpc) is 2.37. The Morgan fingerprint density at radius 1 is 1.61 bits per heavy atom. The molecule has 0 fully saturated rings. The molecule has 0 heterocycles. The zero-order valence-electron chi connectivity index (χ0n) is 10.3. The van der Waals surface area contributed by atoms with Crippen molar-refractivity contribution in [1.82, 2.24) is 4.90 Å². The van der Waals surface area contributed by atoms with E-state index in [1.165, 1.54) is 17.0 Å². The smallest absolute Gasteiger partial charge is 0.269 e. The highest BCUT2D eigenvalue weighted by Gasteiger charge is 2.20. The number of carbonyl (C=O) groups excluding carboxylic acids is 1. The van der Waals surface area contributed by atoms with Crippen LogP contribution < -0.4 is 0 Å². The summed E-state index contributed by atoms with van der Waals surface area (Å²) in [6.07, 6.45) is 5.14. The number of terminal acetylenes is 1. The molecule has 94 valence electrons. The lowest BCUT2D eigenvalue weighted by Crippen LogP contribution is -2.30. The first-order valence-corrected chi connectivity index (χ1v) is 5.40. The van der Waals surface area contributed by atoms with Gasteiger partial charge in [-0.1, -0.05) is 18.1 Å². The minimum atomic E-state index is -0.480. The van der Waals surface area contributed by atoms with Crippen LogP contribution in [0.2, 0.25) is 0 Å². The van der Waals surface area contributed by atoms with Gasteiger partial charge in [0.15, 0.2) is 0 Å². The van der Waals surface area contributed by atoms with Crippen LogP contribution in [-0.2, 0) is 4.79 Å². The quantitative estimate of drug-likeness (QED) is 0.462. The summed E-state index contributed by atoms with van der Waals surface area (Å²) in [5.74, 6) is 1.77. The van der Waals surface area contributed by atoms with E-state index in [9.17, 15) is 14.9 Å². The third-order valence-corrected chi connectivity index (χ3v) is 2.66. The molecule has 0 aromatic heterocycles. The van der Waals surface area contributed by atoms with Gasteiger partial charge in [-0.05, 0) is 12.5 Å². The van der Waals surface area contributed by atoms with E-state index >= 15 is 0 Å². The molecular weight excluding hydrogens is 232 g/mol. The van der Waals surface area contributed by atoms with E-state index in [0.29, 0.717) is 5.56 Å². The van der Waals surface area contributed by atoms with E-state index in [0.717, 1.165) is 0 Å². The minimum Gasteiger partial charge on any atom is -0.334 e. The Balaban J connectivity index is 2.93. The highest BCUT2D eigenvalue weighted by atomic mass is 16.6. The molecule has 0 saturated carbocycles. The number of nitro groups is 1. The second-order valence-electron chi connectivity index (χ2n) is 3.97. The number of hydrogen-bond donors (Lipinski definition) is 0. The molecule has 0 saturated heterocycles. The summed E-state index contributed by atoms with van der Waals surface area (Å²) < 4.78 is 0. The molecule has 1 aromatic rings. The van der Waals surface area contributed by atoms with Crippen molar-refractivity contribution in [2.24, 2.45) is 0 Å². The van der Waals surface area contributed by atoms with Crippen LogP contribution in [-0.4, -0.2) is 29.3 Å². The molecule has 0 N–H and O–H groups in total. The lowest BCUT2D eigenvalue weighted by molar-refractivity contribution is -0.384. The zero-order chi connectivity index (χ0) is 13.7. The Hall–Kier alpha value is -2.35. The first-order valence-electron chi connectivity index (χ1n) is 5.40. The number of hydrogen-bond acceptors (Lipinski definition) is 3. The molecule has 5 nitrogen and oxygen atoms in total. The highest BCUT2D eigenvalue weighted by Crippen LogP contribution is 2.22. The summed E-state index contributed by atoms with van der Waals surface area (Å²) in [7, 11) is 1.61. The number of likely N-dealkylation sites (N-methyl/N-ethyl adjacent to an activating group) is 1. The highest BCUT2D eigenvalue weighted by molar-refractivity contribution is 5.83. The molecule has 5 heteroatoms. The van der Waals surface area contributed by atoms with E-state index in [4.69, 9.17) is 6.42 Å². The Labute approximate surface area is 106 Å². The lowest BCUT2D eigenvalue weighted by atomic mass is 9.99. The summed E-state index contributed by atoms with van der Waals surface area (Å²) in [6.45, 7) is 1.92. The van der Waals surface area contributed by atoms with Gasteiger partial charge in [0.05, 0.1) is 17.4 Å². The van der Waals surface area contributed by atoms with Gasteiger partial charge < -0.3 is 4.90 Å². The van der Waals surface area contributed by atoms with Crippen LogP contribution in [0.25, 0.3) is 0 Å². The summed E-state index contributed by atoms with van der Waals surface area (Å²) in [5, 5.41) is 10.7. The molecule has 0 bridgehead atoms. The minimum absolute atomic E-state index is 0.0215. The van der Waals surface area contributed by atoms with Crippen molar-refractivity contribution in [3.63, 3.8) is 0 Å². The summed E-state index contributed by atoms with van der Waals surface area (Å²) in [5.41, 5.74) is 0.588. The van der Waals surface area contributed by atoms with Crippen LogP contribution in [0.3, 0.4) is 0 Å². The van der Waals surface area contributed by atoms with Crippen LogP contribution >= 0.6 is 0 Å². The lowest BCUT2D eigenvalue weighted by Gasteiger charge is -2.19. The Morgan fingerprint density at radius 3 is 2.83 bits per heavy atom. The van der Waals surface area contributed by atoms with Crippen molar-refractivity contribution in [3.8, 4) is 12.3 Å². The summed E-state index contributed by atoms with van der Waals surface area (Å²) in [4.78, 5) is 23.6. The predicted octanol–water partition coefficient (Wildman–Crippen LogP) is 1.79. The van der Waals surface area contributed by atoms with Gasteiger partial charge in [-0.3, -0.25) is 14.9 Å². The van der Waals surface area contributed by atoms with Crippen molar-refractivity contribution in [1.29, 1.82) is 0 Å². The molecule has 1 unspecified atom stereocenters. The normalized spacial score (nSPS) is 11.4. The fourth-order valence-corrected chi connectivity index (χ4v) is 1.60. The molecule has 0 radical (unpaired) electrons. The number of carbonyl (C=O) groups is 1. The number of rotatable bonds is 4. The Bertz CT molecular complexity index is 505. The third kappa shape index (κ3) is 3.08. The van der Waals surface area contributed by atoms with Gasteiger partial charge in [0, 0.05) is 19.2 Å². The number of nitrogens with zero attached hydrogens (tertiary/aromatic N) is 2. The van der Waals surface area contributed by atoms with E-state index < -0.39 is 10.8 Å². The topological polar surface area (TPSA) is 63.5 Å². The maximum absolute atomic E-state index is 12.0. The van der Waals surface area contributed by atoms with Crippen molar-refractivity contribution in [2.75, 3.05) is 13.6 Å². The predicted molar refractivity (Wildman–Crippen MR) is 68.0 cm³/mol. The van der Waals surface area contributed by atoms with Crippen LogP contribution in [0.15, 0.2) is 24.3 Å². The Morgan fingerprint density at radius 2 is 2.28 bits per heavy atom. The van der Waals surface area contributed by atoms with Gasteiger partial charge in [-0.2, -0.15) is 0 Å². The van der Waals surface area contributed by atoms with Gasteiger partial charge in [-0.15, -0.1) is 6.42 Å². The standard InChI is InChI=1S/C13H14N2O3/c1-4-8-14(3)13(16)10(2)11-6-5-7-12(9-11)15(17)18/h1,5-7,9-10H,8H2,2-3H3. The van der Waals surface area contributed by atoms with Gasteiger partial charge in [0.25, 0.3) is 5.69 Å². The van der Waals surface area contributed by atoms with Crippen molar-refractivity contribution >= 4 is 11.6 Å². The molecular formula is C13H14N2O3. The average molecular weight is 246 g/mol. The third-order valence-electron chi connectivity index (χ3n) is 2.66. The first-order chi connectivity index (χ1) is 8.47. The van der Waals surface area contributed by atoms with E-state index in [1.807, 2.05) is 0 Å². The number of benzene rings is 1. The molecule has 1 rings (SSSR count). The first kappa shape index (κ1) is 13.7. The molecule has 0 aliphatic rings. The van der Waals surface area contributed by atoms with Crippen LogP contribution in [0.1, 0.15) is 18.4 Å². The van der Waals surface area contributed by atoms with Crippen LogP contribution in [0.5, 0.6) is 0 Å². The van der Waals surface area contributed by atoms with Gasteiger partial charge in [-0.25, -0.2) is 0 Å². The maximum Gasteiger partial charge on any atom is 0.269 e. The second kappa shape index (κ2) is 5.82. The van der Waals surface area contributed by atoms with Gasteiger partial charge in [0.2, 0.25) is 5.91 Å². The largest absolute Gasteiger partial charge is 0.334 e. The molecule has 0 aliphatic heterocycles.